The lowest BCUT2D eigenvalue weighted by molar-refractivity contribution is 0.595. The summed E-state index contributed by atoms with van der Waals surface area (Å²) in [6, 6.07) is 0. The van der Waals surface area contributed by atoms with Crippen LogP contribution in [-0.4, -0.2) is 35.1 Å². The zero-order valence-electron chi connectivity index (χ0n) is 11.1. The smallest absolute Gasteiger partial charge is 0.185 e. The molecule has 0 aliphatic carbocycles. The number of imidazole rings is 1. The van der Waals surface area contributed by atoms with Crippen LogP contribution in [-0.2, 0) is 16.3 Å². The molecule has 0 fully saturated rings. The molecule has 7 nitrogen and oxygen atoms in total. The van der Waals surface area contributed by atoms with Crippen molar-refractivity contribution in [2.24, 2.45) is 0 Å². The molecule has 2 heterocycles. The molecular weight excluding hydrogens is 298 g/mol. The Morgan fingerprint density at radius 3 is 2.95 bits per heavy atom. The second-order valence-electron chi connectivity index (χ2n) is 4.26. The van der Waals surface area contributed by atoms with Crippen molar-refractivity contribution in [3.8, 4) is 0 Å². The highest BCUT2D eigenvalue weighted by molar-refractivity contribution is 7.91. The molecule has 0 aliphatic rings. The van der Waals surface area contributed by atoms with E-state index in [4.69, 9.17) is 5.73 Å². The monoisotopic (exact) mass is 315 g/mol. The van der Waals surface area contributed by atoms with Gasteiger partial charge in [-0.05, 0) is 18.0 Å². The van der Waals surface area contributed by atoms with E-state index in [1.54, 1.807) is 12.4 Å². The predicted octanol–water partition coefficient (Wildman–Crippen LogP) is 1.29. The van der Waals surface area contributed by atoms with Crippen molar-refractivity contribution in [1.82, 2.24) is 14.3 Å². The minimum Gasteiger partial charge on any atom is -0.382 e. The lowest BCUT2D eigenvalue weighted by atomic mass is 10.4. The van der Waals surface area contributed by atoms with Gasteiger partial charge < -0.3 is 16.0 Å². The Morgan fingerprint density at radius 2 is 2.30 bits per heavy atom. The predicted molar refractivity (Wildman–Crippen MR) is 79.7 cm³/mol. The quantitative estimate of drug-likeness (QED) is 0.709. The Balaban J connectivity index is 2.09. The fraction of sp³-hybridized carbons (Fsp3) is 0.455. The number of aromatic nitrogens is 3. The number of hydrogen-bond donors (Lipinski definition) is 3. The van der Waals surface area contributed by atoms with Gasteiger partial charge in [0.1, 0.15) is 15.7 Å². The molecule has 0 atom stereocenters. The minimum absolute atomic E-state index is 0.0719. The zero-order chi connectivity index (χ0) is 14.6. The first-order chi connectivity index (χ1) is 9.54. The Bertz CT molecular complexity index is 648. The topological polar surface area (TPSA) is 114 Å². The summed E-state index contributed by atoms with van der Waals surface area (Å²) in [5.41, 5.74) is 5.69. The Kier molecular flexibility index (Phi) is 4.61. The van der Waals surface area contributed by atoms with Crippen LogP contribution >= 0.6 is 11.5 Å². The molecule has 2 aromatic heterocycles. The van der Waals surface area contributed by atoms with E-state index in [-0.39, 0.29) is 16.5 Å². The van der Waals surface area contributed by atoms with E-state index in [0.29, 0.717) is 24.4 Å². The van der Waals surface area contributed by atoms with Gasteiger partial charge in [-0.25, -0.2) is 13.4 Å². The van der Waals surface area contributed by atoms with Crippen molar-refractivity contribution >= 4 is 32.2 Å². The van der Waals surface area contributed by atoms with Gasteiger partial charge in [-0.3, -0.25) is 0 Å². The molecule has 9 heteroatoms. The van der Waals surface area contributed by atoms with Gasteiger partial charge >= 0.3 is 0 Å². The fourth-order valence-electron chi connectivity index (χ4n) is 1.81. The SMILES string of the molecule is CCCS(=O)(=O)c1c(N)nsc1NCCc1ncc[nH]1. The zero-order valence-corrected chi connectivity index (χ0v) is 12.7. The van der Waals surface area contributed by atoms with E-state index >= 15 is 0 Å². The first-order valence-electron chi connectivity index (χ1n) is 6.24. The lowest BCUT2D eigenvalue weighted by Crippen LogP contribution is -2.12. The van der Waals surface area contributed by atoms with Gasteiger partial charge in [-0.1, -0.05) is 6.92 Å². The molecule has 0 bridgehead atoms. The number of aromatic amines is 1. The second kappa shape index (κ2) is 6.23. The minimum atomic E-state index is -3.38. The van der Waals surface area contributed by atoms with E-state index in [0.717, 1.165) is 17.4 Å². The molecule has 4 N–H and O–H groups in total. The second-order valence-corrected chi connectivity index (χ2v) is 7.08. The van der Waals surface area contributed by atoms with Crippen molar-refractivity contribution in [3.63, 3.8) is 0 Å². The first kappa shape index (κ1) is 14.8. The first-order valence-corrected chi connectivity index (χ1v) is 8.67. The van der Waals surface area contributed by atoms with Gasteiger partial charge in [0, 0.05) is 25.4 Å². The van der Waals surface area contributed by atoms with Gasteiger partial charge in [0.05, 0.1) is 5.75 Å². The molecule has 2 rings (SSSR count). The summed E-state index contributed by atoms with van der Waals surface area (Å²) >= 11 is 1.07. The number of rotatable bonds is 7. The van der Waals surface area contributed by atoms with Crippen LogP contribution < -0.4 is 11.1 Å². The summed E-state index contributed by atoms with van der Waals surface area (Å²) in [6.07, 6.45) is 4.63. The summed E-state index contributed by atoms with van der Waals surface area (Å²) in [5.74, 6) is 0.986. The molecule has 110 valence electrons. The molecule has 0 amide bonds. The van der Waals surface area contributed by atoms with Crippen molar-refractivity contribution < 1.29 is 8.42 Å². The van der Waals surface area contributed by atoms with Crippen LogP contribution in [0.5, 0.6) is 0 Å². The highest BCUT2D eigenvalue weighted by atomic mass is 32.2. The van der Waals surface area contributed by atoms with Gasteiger partial charge in [0.2, 0.25) is 0 Å². The van der Waals surface area contributed by atoms with Crippen LogP contribution in [0, 0.1) is 0 Å². The van der Waals surface area contributed by atoms with Gasteiger partial charge in [-0.15, -0.1) is 0 Å². The molecule has 0 aliphatic heterocycles. The van der Waals surface area contributed by atoms with Gasteiger partial charge in [0.25, 0.3) is 0 Å². The number of nitrogens with zero attached hydrogens (tertiary/aromatic N) is 2. The normalized spacial score (nSPS) is 11.7. The lowest BCUT2D eigenvalue weighted by Gasteiger charge is -2.07. The maximum atomic E-state index is 12.2. The van der Waals surface area contributed by atoms with Crippen LogP contribution in [0.1, 0.15) is 19.2 Å². The largest absolute Gasteiger partial charge is 0.382 e. The highest BCUT2D eigenvalue weighted by Gasteiger charge is 2.24. The standard InChI is InChI=1S/C11H17N5O2S2/c1-2-7-20(17,18)9-10(12)16-19-11(9)15-4-3-8-13-5-6-14-8/h5-6,15H,2-4,7H2,1H3,(H2,12,16)(H,13,14). The maximum Gasteiger partial charge on any atom is 0.185 e. The van der Waals surface area contributed by atoms with Crippen molar-refractivity contribution in [2.75, 3.05) is 23.3 Å². The van der Waals surface area contributed by atoms with Crippen molar-refractivity contribution in [1.29, 1.82) is 0 Å². The molecular formula is C11H17N5O2S2. The number of hydrogen-bond acceptors (Lipinski definition) is 7. The van der Waals surface area contributed by atoms with Crippen LogP contribution in [0.4, 0.5) is 10.8 Å². The number of sulfone groups is 1. The third kappa shape index (κ3) is 3.28. The van der Waals surface area contributed by atoms with Gasteiger partial charge in [-0.2, -0.15) is 4.37 Å². The van der Waals surface area contributed by atoms with E-state index in [9.17, 15) is 8.42 Å². The summed E-state index contributed by atoms with van der Waals surface area (Å²) in [5, 5.41) is 3.58. The van der Waals surface area contributed by atoms with Crippen molar-refractivity contribution in [2.45, 2.75) is 24.7 Å². The number of nitrogens with two attached hydrogens (primary N) is 1. The molecule has 20 heavy (non-hydrogen) atoms. The van der Waals surface area contributed by atoms with E-state index in [1.165, 1.54) is 0 Å². The maximum absolute atomic E-state index is 12.2. The highest BCUT2D eigenvalue weighted by Crippen LogP contribution is 2.32. The summed E-state index contributed by atoms with van der Waals surface area (Å²) in [4.78, 5) is 7.22. The number of nitrogen functional groups attached to an aromatic ring is 1. The van der Waals surface area contributed by atoms with E-state index < -0.39 is 9.84 Å². The molecule has 0 spiro atoms. The third-order valence-corrected chi connectivity index (χ3v) is 5.59. The van der Waals surface area contributed by atoms with Gasteiger partial charge in [0.15, 0.2) is 15.7 Å². The van der Waals surface area contributed by atoms with Crippen LogP contribution in [0.3, 0.4) is 0 Å². The third-order valence-electron chi connectivity index (χ3n) is 2.66. The molecule has 0 radical (unpaired) electrons. The summed E-state index contributed by atoms with van der Waals surface area (Å²) < 4.78 is 28.2. The van der Waals surface area contributed by atoms with Crippen LogP contribution in [0.2, 0.25) is 0 Å². The molecule has 2 aromatic rings. The van der Waals surface area contributed by atoms with Crippen molar-refractivity contribution in [3.05, 3.63) is 18.2 Å². The summed E-state index contributed by atoms with van der Waals surface area (Å²) in [7, 11) is -3.38. The molecule has 0 aromatic carbocycles. The Labute approximate surface area is 121 Å². The average Bonchev–Trinajstić information content (AvgIpc) is 2.99. The van der Waals surface area contributed by atoms with Crippen LogP contribution in [0.15, 0.2) is 17.3 Å². The number of anilines is 2. The van der Waals surface area contributed by atoms with E-state index in [1.807, 2.05) is 6.92 Å². The summed E-state index contributed by atoms with van der Waals surface area (Å²) in [6.45, 7) is 2.38. The van der Waals surface area contributed by atoms with E-state index in [2.05, 4.69) is 19.7 Å². The Morgan fingerprint density at radius 1 is 1.50 bits per heavy atom. The Hall–Kier alpha value is -1.61. The van der Waals surface area contributed by atoms with Crippen LogP contribution in [0.25, 0.3) is 0 Å². The molecule has 0 saturated heterocycles. The number of H-pyrrole nitrogens is 1. The number of nitrogens with one attached hydrogen (secondary N) is 2. The molecule has 0 saturated carbocycles. The average molecular weight is 315 g/mol. The fourth-order valence-corrected chi connectivity index (χ4v) is 4.45. The molecule has 0 unspecified atom stereocenters.